The molecule has 0 aliphatic heterocycles. The SMILES string of the molecule is Cc1ccc(CSc2nc3ccsc3c(=O)n2CCCC(=O)NCCc2ccc(S(N)(=O)=O)cc2)cc1. The number of thiophene rings is 1. The molecule has 3 N–H and O–H groups in total. The summed E-state index contributed by atoms with van der Waals surface area (Å²) in [6.45, 7) is 2.87. The molecule has 4 aromatic rings. The van der Waals surface area contributed by atoms with E-state index in [-0.39, 0.29) is 22.8 Å². The molecule has 0 saturated carbocycles. The number of carbonyl (C=O) groups excluding carboxylic acids is 1. The van der Waals surface area contributed by atoms with Crippen molar-refractivity contribution in [3.05, 3.63) is 87.0 Å². The highest BCUT2D eigenvalue weighted by atomic mass is 32.2. The van der Waals surface area contributed by atoms with Crippen molar-refractivity contribution in [1.82, 2.24) is 14.9 Å². The topological polar surface area (TPSA) is 124 Å². The van der Waals surface area contributed by atoms with Gasteiger partial charge >= 0.3 is 0 Å². The molecule has 0 atom stereocenters. The normalized spacial score (nSPS) is 11.6. The summed E-state index contributed by atoms with van der Waals surface area (Å²) in [4.78, 5) is 30.3. The smallest absolute Gasteiger partial charge is 0.272 e. The molecule has 1 amide bonds. The highest BCUT2D eigenvalue weighted by Crippen LogP contribution is 2.24. The van der Waals surface area contributed by atoms with E-state index in [0.717, 1.165) is 11.1 Å². The minimum absolute atomic E-state index is 0.0575. The Kier molecular flexibility index (Phi) is 8.80. The van der Waals surface area contributed by atoms with E-state index in [4.69, 9.17) is 10.1 Å². The minimum Gasteiger partial charge on any atom is -0.356 e. The first-order valence-corrected chi connectivity index (χ1v) is 15.2. The van der Waals surface area contributed by atoms with E-state index in [1.807, 2.05) is 18.4 Å². The molecule has 194 valence electrons. The Balaban J connectivity index is 1.32. The first kappa shape index (κ1) is 27.1. The van der Waals surface area contributed by atoms with E-state index in [0.29, 0.717) is 47.1 Å². The number of hydrogen-bond donors (Lipinski definition) is 2. The molecule has 0 unspecified atom stereocenters. The Morgan fingerprint density at radius 1 is 1.08 bits per heavy atom. The van der Waals surface area contributed by atoms with Crippen LogP contribution in [0.3, 0.4) is 0 Å². The van der Waals surface area contributed by atoms with Crippen LogP contribution >= 0.6 is 23.1 Å². The second kappa shape index (κ2) is 12.0. The third-order valence-electron chi connectivity index (χ3n) is 5.79. The number of amides is 1. The number of aromatic nitrogens is 2. The van der Waals surface area contributed by atoms with Gasteiger partial charge in [-0.05, 0) is 54.5 Å². The number of hydrogen-bond acceptors (Lipinski definition) is 7. The molecule has 2 aromatic carbocycles. The van der Waals surface area contributed by atoms with Crippen molar-refractivity contribution >= 4 is 49.2 Å². The maximum Gasteiger partial charge on any atom is 0.272 e. The molecule has 2 aromatic heterocycles. The predicted octanol–water partition coefficient (Wildman–Crippen LogP) is 3.85. The summed E-state index contributed by atoms with van der Waals surface area (Å²) in [5.41, 5.74) is 3.87. The first-order chi connectivity index (χ1) is 17.7. The van der Waals surface area contributed by atoms with Crippen LogP contribution in [-0.4, -0.2) is 30.4 Å². The van der Waals surface area contributed by atoms with E-state index >= 15 is 0 Å². The van der Waals surface area contributed by atoms with E-state index in [1.165, 1.54) is 40.8 Å². The van der Waals surface area contributed by atoms with Crippen LogP contribution in [0.5, 0.6) is 0 Å². The van der Waals surface area contributed by atoms with Gasteiger partial charge in [0.05, 0.1) is 10.4 Å². The third kappa shape index (κ3) is 7.29. The van der Waals surface area contributed by atoms with Gasteiger partial charge in [0, 0.05) is 25.3 Å². The van der Waals surface area contributed by atoms with Crippen molar-refractivity contribution in [3.8, 4) is 0 Å². The number of carbonyl (C=O) groups is 1. The summed E-state index contributed by atoms with van der Waals surface area (Å²) in [5, 5.41) is 10.5. The number of thioether (sulfide) groups is 1. The van der Waals surface area contributed by atoms with E-state index in [9.17, 15) is 18.0 Å². The number of nitrogens with zero attached hydrogens (tertiary/aromatic N) is 2. The summed E-state index contributed by atoms with van der Waals surface area (Å²) in [6, 6.07) is 16.4. The van der Waals surface area contributed by atoms with Crippen LogP contribution in [0, 0.1) is 6.92 Å². The van der Waals surface area contributed by atoms with Crippen LogP contribution in [0.2, 0.25) is 0 Å². The van der Waals surface area contributed by atoms with Gasteiger partial charge in [0.2, 0.25) is 15.9 Å². The summed E-state index contributed by atoms with van der Waals surface area (Å²) >= 11 is 2.90. The van der Waals surface area contributed by atoms with Crippen molar-refractivity contribution < 1.29 is 13.2 Å². The average molecular weight is 557 g/mol. The summed E-state index contributed by atoms with van der Waals surface area (Å²) in [7, 11) is -3.72. The Bertz CT molecular complexity index is 1540. The highest BCUT2D eigenvalue weighted by molar-refractivity contribution is 7.98. The molecule has 8 nitrogen and oxygen atoms in total. The van der Waals surface area contributed by atoms with E-state index in [2.05, 4.69) is 29.6 Å². The van der Waals surface area contributed by atoms with Gasteiger partial charge in [0.25, 0.3) is 5.56 Å². The summed E-state index contributed by atoms with van der Waals surface area (Å²) in [5.74, 6) is 0.592. The molecule has 0 aliphatic rings. The van der Waals surface area contributed by atoms with Crippen molar-refractivity contribution in [3.63, 3.8) is 0 Å². The van der Waals surface area contributed by atoms with Crippen LogP contribution in [0.25, 0.3) is 10.2 Å². The van der Waals surface area contributed by atoms with Gasteiger partial charge in [0.15, 0.2) is 5.16 Å². The van der Waals surface area contributed by atoms with Crippen molar-refractivity contribution in [2.45, 2.75) is 48.5 Å². The Labute approximate surface area is 224 Å². The molecule has 0 fully saturated rings. The molecule has 0 aliphatic carbocycles. The molecule has 11 heteroatoms. The van der Waals surface area contributed by atoms with E-state index in [1.54, 1.807) is 16.7 Å². The van der Waals surface area contributed by atoms with Gasteiger partial charge in [-0.15, -0.1) is 11.3 Å². The molecule has 0 bridgehead atoms. The zero-order valence-corrected chi connectivity index (χ0v) is 22.8. The van der Waals surface area contributed by atoms with Crippen molar-refractivity contribution in [2.24, 2.45) is 5.14 Å². The predicted molar refractivity (Wildman–Crippen MR) is 148 cm³/mol. The maximum absolute atomic E-state index is 13.1. The number of rotatable bonds is 11. The number of fused-ring (bicyclic) bond motifs is 1. The Morgan fingerprint density at radius 2 is 1.78 bits per heavy atom. The van der Waals surface area contributed by atoms with Crippen LogP contribution < -0.4 is 16.0 Å². The molecular weight excluding hydrogens is 529 g/mol. The molecule has 37 heavy (non-hydrogen) atoms. The maximum atomic E-state index is 13.1. The molecule has 0 saturated heterocycles. The van der Waals surface area contributed by atoms with Crippen LogP contribution in [-0.2, 0) is 33.5 Å². The first-order valence-electron chi connectivity index (χ1n) is 11.8. The fourth-order valence-corrected chi connectivity index (χ4v) is 6.02. The number of benzene rings is 2. The second-order valence-electron chi connectivity index (χ2n) is 8.65. The average Bonchev–Trinajstić information content (AvgIpc) is 3.34. The zero-order chi connectivity index (χ0) is 26.4. The number of primary sulfonamides is 1. The lowest BCUT2D eigenvalue weighted by molar-refractivity contribution is -0.121. The number of nitrogens with two attached hydrogens (primary N) is 1. The van der Waals surface area contributed by atoms with E-state index < -0.39 is 10.0 Å². The Hall–Kier alpha value is -2.99. The second-order valence-corrected chi connectivity index (χ2v) is 12.1. The zero-order valence-electron chi connectivity index (χ0n) is 20.3. The quantitative estimate of drug-likeness (QED) is 0.214. The monoisotopic (exact) mass is 556 g/mol. The molecule has 4 rings (SSSR count). The summed E-state index contributed by atoms with van der Waals surface area (Å²) in [6.07, 6.45) is 1.35. The van der Waals surface area contributed by atoms with Crippen molar-refractivity contribution in [1.29, 1.82) is 0 Å². The fourth-order valence-electron chi connectivity index (χ4n) is 3.74. The number of sulfonamides is 1. The summed E-state index contributed by atoms with van der Waals surface area (Å²) < 4.78 is 25.0. The van der Waals surface area contributed by atoms with Gasteiger partial charge < -0.3 is 5.32 Å². The van der Waals surface area contributed by atoms with Gasteiger partial charge in [-0.1, -0.05) is 53.7 Å². The fraction of sp³-hybridized carbons (Fsp3) is 0.269. The van der Waals surface area contributed by atoms with Crippen LogP contribution in [0.4, 0.5) is 0 Å². The van der Waals surface area contributed by atoms with Gasteiger partial charge in [0.1, 0.15) is 4.70 Å². The van der Waals surface area contributed by atoms with Crippen molar-refractivity contribution in [2.75, 3.05) is 6.54 Å². The molecule has 0 radical (unpaired) electrons. The molecular formula is C26H28N4O4S3. The third-order valence-corrected chi connectivity index (χ3v) is 8.66. The number of nitrogens with one attached hydrogen (secondary N) is 1. The lowest BCUT2D eigenvalue weighted by Gasteiger charge is -2.12. The lowest BCUT2D eigenvalue weighted by atomic mass is 10.1. The van der Waals surface area contributed by atoms with Gasteiger partial charge in [-0.25, -0.2) is 18.5 Å². The standard InChI is InChI=1S/C26H28N4O4S3/c1-18-4-6-20(7-5-18)17-36-26-29-22-13-16-35-24(22)25(32)30(26)15-2-3-23(31)28-14-12-19-8-10-21(11-9-19)37(27,33)34/h4-11,13,16H,2-3,12,14-15,17H2,1H3,(H,28,31)(H2,27,33,34). The largest absolute Gasteiger partial charge is 0.356 e. The van der Waals surface area contributed by atoms with Gasteiger partial charge in [-0.3, -0.25) is 14.2 Å². The van der Waals surface area contributed by atoms with Gasteiger partial charge in [-0.2, -0.15) is 0 Å². The molecule has 2 heterocycles. The molecule has 0 spiro atoms. The minimum atomic E-state index is -3.72. The Morgan fingerprint density at radius 3 is 2.49 bits per heavy atom. The number of aryl methyl sites for hydroxylation is 1. The lowest BCUT2D eigenvalue weighted by Crippen LogP contribution is -2.27. The van der Waals surface area contributed by atoms with Crippen LogP contribution in [0.15, 0.2) is 74.8 Å². The van der Waals surface area contributed by atoms with Crippen LogP contribution in [0.1, 0.15) is 29.5 Å². The highest BCUT2D eigenvalue weighted by Gasteiger charge is 2.14.